The topological polar surface area (TPSA) is 87.0 Å². The maximum Gasteiger partial charge on any atom is 0.337 e. The SMILES string of the molecule is O=C(O)c1ccc2c(c1Cl)O[C@H]1C[C@@H](O)[C@H](/C=C/C(O)C(F)(F)c3ccccc3)[C@H]1CC2. The van der Waals surface area contributed by atoms with Crippen molar-refractivity contribution in [2.45, 2.75) is 43.5 Å². The van der Waals surface area contributed by atoms with Gasteiger partial charge in [-0.05, 0) is 24.5 Å². The van der Waals surface area contributed by atoms with E-state index >= 15 is 0 Å². The molecule has 2 aliphatic rings. The first-order valence-corrected chi connectivity index (χ1v) is 10.8. The monoisotopic (exact) mass is 464 g/mol. The average molecular weight is 465 g/mol. The summed E-state index contributed by atoms with van der Waals surface area (Å²) in [6.07, 6.45) is 0.520. The predicted octanol–water partition coefficient (Wildman–Crippen LogP) is 4.44. The number of aromatic carboxylic acids is 1. The van der Waals surface area contributed by atoms with Crippen LogP contribution in [0.4, 0.5) is 8.78 Å². The van der Waals surface area contributed by atoms with Gasteiger partial charge in [-0.25, -0.2) is 4.79 Å². The molecule has 1 saturated carbocycles. The number of fused-ring (bicyclic) bond motifs is 2. The Labute approximate surface area is 188 Å². The van der Waals surface area contributed by atoms with Crippen LogP contribution in [0, 0.1) is 11.8 Å². The van der Waals surface area contributed by atoms with E-state index in [1.807, 2.05) is 0 Å². The Hall–Kier alpha value is -2.48. The molecule has 1 fully saturated rings. The Kier molecular flexibility index (Phi) is 6.25. The molecular formula is C24H23ClF2O5. The Morgan fingerprint density at radius 3 is 2.62 bits per heavy atom. The summed E-state index contributed by atoms with van der Waals surface area (Å²) in [6, 6.07) is 10.2. The number of rotatable bonds is 5. The van der Waals surface area contributed by atoms with Crippen molar-refractivity contribution in [3.8, 4) is 5.75 Å². The molecule has 0 amide bonds. The summed E-state index contributed by atoms with van der Waals surface area (Å²) in [5.41, 5.74) is 0.409. The van der Waals surface area contributed by atoms with Gasteiger partial charge in [-0.3, -0.25) is 0 Å². The molecule has 0 aromatic heterocycles. The molecule has 2 aromatic carbocycles. The lowest BCUT2D eigenvalue weighted by Gasteiger charge is -2.23. The number of hydrogen-bond acceptors (Lipinski definition) is 4. The van der Waals surface area contributed by atoms with Gasteiger partial charge in [-0.2, -0.15) is 8.78 Å². The Morgan fingerprint density at radius 2 is 1.94 bits per heavy atom. The largest absolute Gasteiger partial charge is 0.488 e. The molecule has 3 N–H and O–H groups in total. The van der Waals surface area contributed by atoms with E-state index in [2.05, 4.69) is 0 Å². The minimum atomic E-state index is -3.47. The van der Waals surface area contributed by atoms with Gasteiger partial charge in [0.25, 0.3) is 0 Å². The number of aryl methyl sites for hydroxylation is 1. The Morgan fingerprint density at radius 1 is 1.22 bits per heavy atom. The lowest BCUT2D eigenvalue weighted by molar-refractivity contribution is -0.0930. The fourth-order valence-corrected chi connectivity index (χ4v) is 4.94. The second-order valence-corrected chi connectivity index (χ2v) is 8.66. The van der Waals surface area contributed by atoms with Gasteiger partial charge in [0.1, 0.15) is 18.0 Å². The van der Waals surface area contributed by atoms with Crippen LogP contribution >= 0.6 is 11.6 Å². The highest BCUT2D eigenvalue weighted by Crippen LogP contribution is 2.45. The highest BCUT2D eigenvalue weighted by molar-refractivity contribution is 6.35. The standard InChI is InChI=1S/C24H23ClF2O5/c25-21-17(23(30)31)9-7-13-6-8-16-15(18(28)12-19(16)32-22(13)21)10-11-20(29)24(26,27)14-4-2-1-3-5-14/h1-5,7,9-11,15-16,18-20,28-29H,6,8,12H2,(H,30,31)/b11-10+/t15-,16-,18-,19+,20?/m1/s1. The summed E-state index contributed by atoms with van der Waals surface area (Å²) in [5.74, 6) is -5.03. The van der Waals surface area contributed by atoms with E-state index in [-0.39, 0.29) is 28.5 Å². The average Bonchev–Trinajstić information content (AvgIpc) is 2.94. The third-order valence-corrected chi connectivity index (χ3v) is 6.74. The number of alkyl halides is 2. The van der Waals surface area contributed by atoms with Crippen LogP contribution in [-0.4, -0.2) is 39.6 Å². The van der Waals surface area contributed by atoms with Crippen LogP contribution in [0.25, 0.3) is 0 Å². The third kappa shape index (κ3) is 4.12. The highest BCUT2D eigenvalue weighted by Gasteiger charge is 2.45. The van der Waals surface area contributed by atoms with Gasteiger partial charge in [0.15, 0.2) is 0 Å². The molecular weight excluding hydrogens is 442 g/mol. The number of benzene rings is 2. The van der Waals surface area contributed by atoms with Gasteiger partial charge in [0.05, 0.1) is 16.7 Å². The highest BCUT2D eigenvalue weighted by atomic mass is 35.5. The van der Waals surface area contributed by atoms with Crippen molar-refractivity contribution in [1.29, 1.82) is 0 Å². The van der Waals surface area contributed by atoms with Crippen molar-refractivity contribution in [2.75, 3.05) is 0 Å². The maximum absolute atomic E-state index is 14.6. The number of carboxylic acids is 1. The van der Waals surface area contributed by atoms with E-state index in [9.17, 15) is 28.9 Å². The lowest BCUT2D eigenvalue weighted by Crippen LogP contribution is -2.30. The summed E-state index contributed by atoms with van der Waals surface area (Å²) in [5, 5.41) is 30.1. The molecule has 0 bridgehead atoms. The van der Waals surface area contributed by atoms with Gasteiger partial charge in [0.2, 0.25) is 0 Å². The van der Waals surface area contributed by atoms with E-state index in [0.29, 0.717) is 18.6 Å². The fraction of sp³-hybridized carbons (Fsp3) is 0.375. The minimum absolute atomic E-state index is 0.0158. The second-order valence-electron chi connectivity index (χ2n) is 8.28. The molecule has 1 heterocycles. The summed E-state index contributed by atoms with van der Waals surface area (Å²) in [7, 11) is 0. The molecule has 1 aliphatic heterocycles. The van der Waals surface area contributed by atoms with Crippen molar-refractivity contribution >= 4 is 17.6 Å². The first-order valence-electron chi connectivity index (χ1n) is 10.4. The first-order chi connectivity index (χ1) is 15.2. The second kappa shape index (κ2) is 8.81. The van der Waals surface area contributed by atoms with Crippen LogP contribution in [0.2, 0.25) is 5.02 Å². The number of ether oxygens (including phenoxy) is 1. The maximum atomic E-state index is 14.6. The van der Waals surface area contributed by atoms with Gasteiger partial charge in [0, 0.05) is 23.8 Å². The summed E-state index contributed by atoms with van der Waals surface area (Å²) in [6.45, 7) is 0. The smallest absolute Gasteiger partial charge is 0.337 e. The molecule has 0 radical (unpaired) electrons. The van der Waals surface area contributed by atoms with Gasteiger partial charge in [-0.15, -0.1) is 0 Å². The number of halogens is 3. The van der Waals surface area contributed by atoms with E-state index in [1.54, 1.807) is 12.1 Å². The quantitative estimate of drug-likeness (QED) is 0.569. The molecule has 5 atom stereocenters. The summed E-state index contributed by atoms with van der Waals surface area (Å²) < 4.78 is 35.2. The minimum Gasteiger partial charge on any atom is -0.488 e. The van der Waals surface area contributed by atoms with Crippen molar-refractivity contribution < 1.29 is 33.6 Å². The molecule has 8 heteroatoms. The van der Waals surface area contributed by atoms with Crippen molar-refractivity contribution in [3.63, 3.8) is 0 Å². The van der Waals surface area contributed by atoms with Crippen LogP contribution < -0.4 is 4.74 Å². The third-order valence-electron chi connectivity index (χ3n) is 6.36. The molecule has 4 rings (SSSR count). The molecule has 0 spiro atoms. The van der Waals surface area contributed by atoms with Crippen LogP contribution in [0.1, 0.15) is 34.3 Å². The number of hydrogen-bond donors (Lipinski definition) is 3. The van der Waals surface area contributed by atoms with Crippen LogP contribution in [-0.2, 0) is 12.3 Å². The normalized spacial score (nSPS) is 26.2. The van der Waals surface area contributed by atoms with Crippen molar-refractivity contribution in [3.05, 3.63) is 76.3 Å². The lowest BCUT2D eigenvalue weighted by atomic mass is 9.87. The van der Waals surface area contributed by atoms with Crippen molar-refractivity contribution in [2.24, 2.45) is 11.8 Å². The van der Waals surface area contributed by atoms with Gasteiger partial charge in [-0.1, -0.05) is 60.2 Å². The number of carbonyl (C=O) groups is 1. The zero-order valence-corrected chi connectivity index (χ0v) is 17.8. The molecule has 1 aliphatic carbocycles. The molecule has 5 nitrogen and oxygen atoms in total. The Bertz CT molecular complexity index is 1030. The number of aliphatic hydroxyl groups is 2. The molecule has 170 valence electrons. The van der Waals surface area contributed by atoms with E-state index in [1.165, 1.54) is 36.4 Å². The van der Waals surface area contributed by atoms with Gasteiger partial charge < -0.3 is 20.1 Å². The van der Waals surface area contributed by atoms with Crippen LogP contribution in [0.15, 0.2) is 54.6 Å². The fourth-order valence-electron chi connectivity index (χ4n) is 4.63. The number of carboxylic acid groups (broad SMARTS) is 1. The van der Waals surface area contributed by atoms with Crippen LogP contribution in [0.3, 0.4) is 0 Å². The van der Waals surface area contributed by atoms with E-state index < -0.39 is 36.1 Å². The summed E-state index contributed by atoms with van der Waals surface area (Å²) in [4.78, 5) is 11.4. The zero-order chi connectivity index (χ0) is 23.0. The molecule has 32 heavy (non-hydrogen) atoms. The van der Waals surface area contributed by atoms with Crippen molar-refractivity contribution in [1.82, 2.24) is 0 Å². The van der Waals surface area contributed by atoms with Crippen LogP contribution in [0.5, 0.6) is 5.75 Å². The molecule has 0 saturated heterocycles. The van der Waals surface area contributed by atoms with Gasteiger partial charge >= 0.3 is 11.9 Å². The summed E-state index contributed by atoms with van der Waals surface area (Å²) >= 11 is 6.27. The van der Waals surface area contributed by atoms with E-state index in [0.717, 1.165) is 11.6 Å². The Balaban J connectivity index is 1.54. The molecule has 1 unspecified atom stereocenters. The van der Waals surface area contributed by atoms with E-state index in [4.69, 9.17) is 16.3 Å². The molecule has 2 aromatic rings. The first kappa shape index (κ1) is 22.7. The number of aliphatic hydroxyl groups excluding tert-OH is 2. The predicted molar refractivity (Wildman–Crippen MR) is 114 cm³/mol. The zero-order valence-electron chi connectivity index (χ0n) is 17.0.